The lowest BCUT2D eigenvalue weighted by molar-refractivity contribution is -0.135. The average molecular weight is 341 g/mol. The minimum atomic E-state index is 0. The number of likely N-dealkylation sites (tertiary alicyclic amines) is 1. The molecule has 23 heavy (non-hydrogen) atoms. The first-order valence-corrected chi connectivity index (χ1v) is 8.48. The summed E-state index contributed by atoms with van der Waals surface area (Å²) in [5.41, 5.74) is 0.316. The molecule has 1 N–H and O–H groups in total. The van der Waals surface area contributed by atoms with Gasteiger partial charge in [0.05, 0.1) is 5.92 Å². The number of hydrogen-bond acceptors (Lipinski definition) is 5. The zero-order chi connectivity index (χ0) is 15.2. The fraction of sp³-hybridized carbons (Fsp3) is 0.812. The number of amides is 1. The molecule has 0 radical (unpaired) electrons. The highest BCUT2D eigenvalue weighted by molar-refractivity contribution is 5.85. The van der Waals surface area contributed by atoms with Gasteiger partial charge in [-0.15, -0.1) is 12.4 Å². The number of aryl methyl sites for hydroxylation is 1. The average Bonchev–Trinajstić information content (AvgIpc) is 3.04. The molecule has 3 fully saturated rings. The Morgan fingerprint density at radius 2 is 2.17 bits per heavy atom. The number of halogens is 1. The molecule has 6 nitrogen and oxygen atoms in total. The van der Waals surface area contributed by atoms with Crippen LogP contribution in [-0.2, 0) is 4.79 Å². The van der Waals surface area contributed by atoms with Crippen LogP contribution in [0.5, 0.6) is 0 Å². The summed E-state index contributed by atoms with van der Waals surface area (Å²) in [6, 6.07) is 0. The maximum atomic E-state index is 12.9. The minimum Gasteiger partial charge on any atom is -0.342 e. The van der Waals surface area contributed by atoms with Crippen LogP contribution in [0.15, 0.2) is 4.52 Å². The zero-order valence-corrected chi connectivity index (χ0v) is 14.4. The molecule has 7 heteroatoms. The molecule has 0 aromatic carbocycles. The molecule has 2 atom stereocenters. The summed E-state index contributed by atoms with van der Waals surface area (Å²) in [7, 11) is 0. The van der Waals surface area contributed by atoms with Crippen LogP contribution in [-0.4, -0.2) is 47.1 Å². The van der Waals surface area contributed by atoms with Crippen molar-refractivity contribution in [1.29, 1.82) is 0 Å². The molecule has 2 aliphatic heterocycles. The Morgan fingerprint density at radius 3 is 2.87 bits per heavy atom. The molecule has 128 valence electrons. The molecular weight excluding hydrogens is 316 g/mol. The molecule has 1 amide bonds. The van der Waals surface area contributed by atoms with Crippen molar-refractivity contribution < 1.29 is 9.32 Å². The van der Waals surface area contributed by atoms with Crippen molar-refractivity contribution in [2.24, 2.45) is 11.3 Å². The van der Waals surface area contributed by atoms with Gasteiger partial charge >= 0.3 is 0 Å². The maximum Gasteiger partial charge on any atom is 0.231 e. The summed E-state index contributed by atoms with van der Waals surface area (Å²) in [4.78, 5) is 19.3. The molecule has 1 aromatic rings. The van der Waals surface area contributed by atoms with Gasteiger partial charge in [0, 0.05) is 19.0 Å². The Bertz CT molecular complexity index is 570. The van der Waals surface area contributed by atoms with Crippen LogP contribution in [0, 0.1) is 18.3 Å². The second kappa shape index (κ2) is 6.40. The SMILES string of the molecule is Cc1noc(C2CCCN(C(=O)C3CC34CCNCC4)C2)n1.Cl. The minimum absolute atomic E-state index is 0. The van der Waals surface area contributed by atoms with Gasteiger partial charge in [0.1, 0.15) is 0 Å². The summed E-state index contributed by atoms with van der Waals surface area (Å²) < 4.78 is 5.31. The van der Waals surface area contributed by atoms with Gasteiger partial charge in [-0.05, 0) is 57.5 Å². The Balaban J connectivity index is 0.00000156. The first kappa shape index (κ1) is 16.7. The van der Waals surface area contributed by atoms with Crippen molar-refractivity contribution in [2.75, 3.05) is 26.2 Å². The van der Waals surface area contributed by atoms with Crippen molar-refractivity contribution in [3.63, 3.8) is 0 Å². The van der Waals surface area contributed by atoms with Crippen molar-refractivity contribution in [3.05, 3.63) is 11.7 Å². The van der Waals surface area contributed by atoms with Crippen molar-refractivity contribution >= 4 is 18.3 Å². The lowest BCUT2D eigenvalue weighted by Gasteiger charge is -2.32. The second-order valence-electron chi connectivity index (χ2n) is 7.17. The number of carbonyl (C=O) groups is 1. The van der Waals surface area contributed by atoms with Crippen molar-refractivity contribution in [1.82, 2.24) is 20.4 Å². The molecule has 1 aliphatic carbocycles. The Morgan fingerprint density at radius 1 is 1.39 bits per heavy atom. The summed E-state index contributed by atoms with van der Waals surface area (Å²) in [6.07, 6.45) is 5.46. The third-order valence-electron chi connectivity index (χ3n) is 5.71. The topological polar surface area (TPSA) is 71.3 Å². The standard InChI is InChI=1S/C16H24N4O2.ClH/c1-11-18-14(22-19-11)12-3-2-8-20(10-12)15(21)13-9-16(13)4-6-17-7-5-16;/h12-13,17H,2-10H2,1H3;1H. The molecule has 3 heterocycles. The number of piperidine rings is 2. The van der Waals surface area contributed by atoms with Gasteiger partial charge in [0.15, 0.2) is 5.82 Å². The molecule has 4 rings (SSSR count). The van der Waals surface area contributed by atoms with E-state index >= 15 is 0 Å². The van der Waals surface area contributed by atoms with E-state index in [1.807, 2.05) is 6.92 Å². The summed E-state index contributed by atoms with van der Waals surface area (Å²) in [5.74, 6) is 2.21. The molecule has 1 saturated carbocycles. The Kier molecular flexibility index (Phi) is 4.65. The number of carbonyl (C=O) groups excluding carboxylic acids is 1. The van der Waals surface area contributed by atoms with Gasteiger partial charge in [0.25, 0.3) is 0 Å². The highest BCUT2D eigenvalue weighted by atomic mass is 35.5. The van der Waals surface area contributed by atoms with E-state index in [-0.39, 0.29) is 24.2 Å². The molecular formula is C16H25ClN4O2. The predicted molar refractivity (Wildman–Crippen MR) is 87.5 cm³/mol. The monoisotopic (exact) mass is 340 g/mol. The number of nitrogens with zero attached hydrogens (tertiary/aromatic N) is 3. The predicted octanol–water partition coefficient (Wildman–Crippen LogP) is 1.90. The number of rotatable bonds is 2. The fourth-order valence-electron chi connectivity index (χ4n) is 4.25. The highest BCUT2D eigenvalue weighted by Crippen LogP contribution is 2.59. The van der Waals surface area contributed by atoms with Gasteiger partial charge < -0.3 is 14.7 Å². The van der Waals surface area contributed by atoms with E-state index in [0.717, 1.165) is 58.3 Å². The van der Waals surface area contributed by atoms with Gasteiger partial charge in [-0.2, -0.15) is 4.98 Å². The molecule has 3 aliphatic rings. The summed E-state index contributed by atoms with van der Waals surface area (Å²) in [5, 5.41) is 7.28. The molecule has 1 aromatic heterocycles. The van der Waals surface area contributed by atoms with Crippen LogP contribution < -0.4 is 5.32 Å². The highest BCUT2D eigenvalue weighted by Gasteiger charge is 2.58. The van der Waals surface area contributed by atoms with Crippen LogP contribution in [0.3, 0.4) is 0 Å². The van der Waals surface area contributed by atoms with Gasteiger partial charge in [-0.3, -0.25) is 4.79 Å². The van der Waals surface area contributed by atoms with E-state index in [9.17, 15) is 4.79 Å². The first-order valence-electron chi connectivity index (χ1n) is 8.48. The van der Waals surface area contributed by atoms with E-state index in [1.165, 1.54) is 0 Å². The van der Waals surface area contributed by atoms with Crippen LogP contribution in [0.1, 0.15) is 49.7 Å². The number of aromatic nitrogens is 2. The number of nitrogens with one attached hydrogen (secondary N) is 1. The lowest BCUT2D eigenvalue weighted by atomic mass is 9.91. The van der Waals surface area contributed by atoms with E-state index < -0.39 is 0 Å². The molecule has 2 unspecified atom stereocenters. The number of hydrogen-bond donors (Lipinski definition) is 1. The third-order valence-corrected chi connectivity index (χ3v) is 5.71. The normalized spacial score (nSPS) is 29.2. The van der Waals surface area contributed by atoms with Crippen molar-refractivity contribution in [2.45, 2.75) is 44.9 Å². The summed E-state index contributed by atoms with van der Waals surface area (Å²) in [6.45, 7) is 5.59. The Hall–Kier alpha value is -1.14. The fourth-order valence-corrected chi connectivity index (χ4v) is 4.25. The molecule has 0 bridgehead atoms. The second-order valence-corrected chi connectivity index (χ2v) is 7.17. The quantitative estimate of drug-likeness (QED) is 0.890. The van der Waals surface area contributed by atoms with E-state index in [1.54, 1.807) is 0 Å². The largest absolute Gasteiger partial charge is 0.342 e. The van der Waals surface area contributed by atoms with Crippen LogP contribution in [0.25, 0.3) is 0 Å². The van der Waals surface area contributed by atoms with E-state index in [0.29, 0.717) is 23.0 Å². The van der Waals surface area contributed by atoms with Crippen LogP contribution >= 0.6 is 12.4 Å². The van der Waals surface area contributed by atoms with Crippen LogP contribution in [0.2, 0.25) is 0 Å². The smallest absolute Gasteiger partial charge is 0.231 e. The maximum absolute atomic E-state index is 12.9. The van der Waals surface area contributed by atoms with E-state index in [4.69, 9.17) is 4.52 Å². The van der Waals surface area contributed by atoms with Gasteiger partial charge in [0.2, 0.25) is 11.8 Å². The zero-order valence-electron chi connectivity index (χ0n) is 13.6. The molecule has 2 saturated heterocycles. The molecule has 1 spiro atoms. The van der Waals surface area contributed by atoms with E-state index in [2.05, 4.69) is 20.4 Å². The Labute approximate surface area is 142 Å². The summed E-state index contributed by atoms with van der Waals surface area (Å²) >= 11 is 0. The van der Waals surface area contributed by atoms with Crippen molar-refractivity contribution in [3.8, 4) is 0 Å². The van der Waals surface area contributed by atoms with Crippen LogP contribution in [0.4, 0.5) is 0 Å². The van der Waals surface area contributed by atoms with Gasteiger partial charge in [-0.25, -0.2) is 0 Å². The third kappa shape index (κ3) is 3.11. The lowest BCUT2D eigenvalue weighted by Crippen LogP contribution is -2.41. The van der Waals surface area contributed by atoms with Gasteiger partial charge in [-0.1, -0.05) is 5.16 Å². The first-order chi connectivity index (χ1) is 10.7.